The molecule has 1 aliphatic carbocycles. The average molecular weight is 409 g/mol. The van der Waals surface area contributed by atoms with Crippen LogP contribution in [-0.2, 0) is 14.3 Å². The number of carbonyl (C=O) groups excluding carboxylic acids is 2. The van der Waals surface area contributed by atoms with Crippen molar-refractivity contribution in [2.45, 2.75) is 19.8 Å². The molecule has 3 N–H and O–H groups in total. The maximum atomic E-state index is 12.4. The lowest BCUT2D eigenvalue weighted by Crippen LogP contribution is -2.36. The molecular formula is C23H28N4O3. The zero-order chi connectivity index (χ0) is 20.9. The number of amides is 2. The lowest BCUT2D eigenvalue weighted by molar-refractivity contribution is -0.117. The van der Waals surface area contributed by atoms with Gasteiger partial charge in [0, 0.05) is 41.8 Å². The van der Waals surface area contributed by atoms with E-state index in [1.165, 1.54) is 0 Å². The second-order valence-electron chi connectivity index (χ2n) is 7.84. The van der Waals surface area contributed by atoms with Crippen molar-refractivity contribution in [2.24, 2.45) is 5.92 Å². The first-order chi connectivity index (χ1) is 14.6. The van der Waals surface area contributed by atoms with Crippen molar-refractivity contribution in [1.82, 2.24) is 0 Å². The molecule has 0 unspecified atom stereocenters. The summed E-state index contributed by atoms with van der Waals surface area (Å²) in [5.74, 6) is 0.104. The fourth-order valence-corrected chi connectivity index (χ4v) is 3.44. The number of rotatable bonds is 7. The van der Waals surface area contributed by atoms with Gasteiger partial charge in [0.05, 0.1) is 19.8 Å². The number of morpholine rings is 1. The number of benzene rings is 2. The first-order valence-electron chi connectivity index (χ1n) is 10.5. The minimum atomic E-state index is -0.124. The molecule has 0 atom stereocenters. The van der Waals surface area contributed by atoms with Gasteiger partial charge in [0.1, 0.15) is 0 Å². The molecule has 2 amide bonds. The molecule has 158 valence electrons. The number of anilines is 4. The summed E-state index contributed by atoms with van der Waals surface area (Å²) in [5.41, 5.74) is 4.50. The summed E-state index contributed by atoms with van der Waals surface area (Å²) < 4.78 is 5.38. The summed E-state index contributed by atoms with van der Waals surface area (Å²) in [6.45, 7) is 5.37. The summed E-state index contributed by atoms with van der Waals surface area (Å²) in [4.78, 5) is 26.6. The Labute approximate surface area is 176 Å². The van der Waals surface area contributed by atoms with Crippen molar-refractivity contribution in [3.63, 3.8) is 0 Å². The van der Waals surface area contributed by atoms with Crippen LogP contribution in [0.2, 0.25) is 0 Å². The minimum absolute atomic E-state index is 0.0723. The second-order valence-corrected chi connectivity index (χ2v) is 7.84. The molecule has 1 aliphatic heterocycles. The maximum absolute atomic E-state index is 12.4. The minimum Gasteiger partial charge on any atom is -0.378 e. The smallest absolute Gasteiger partial charge is 0.243 e. The normalized spacial score (nSPS) is 16.1. The van der Waals surface area contributed by atoms with E-state index in [1.54, 1.807) is 0 Å². The summed E-state index contributed by atoms with van der Waals surface area (Å²) in [5, 5.41) is 9.03. The molecule has 1 saturated heterocycles. The topological polar surface area (TPSA) is 82.7 Å². The lowest BCUT2D eigenvalue weighted by atomic mass is 10.1. The van der Waals surface area contributed by atoms with E-state index in [0.717, 1.165) is 67.5 Å². The van der Waals surface area contributed by atoms with Crippen LogP contribution in [-0.4, -0.2) is 44.7 Å². The van der Waals surface area contributed by atoms with Crippen LogP contribution in [0.4, 0.5) is 22.7 Å². The van der Waals surface area contributed by atoms with Crippen LogP contribution < -0.4 is 20.9 Å². The highest BCUT2D eigenvalue weighted by Gasteiger charge is 2.29. The Morgan fingerprint density at radius 1 is 1.00 bits per heavy atom. The fraction of sp³-hybridized carbons (Fsp3) is 0.391. The Balaban J connectivity index is 1.29. The Bertz CT molecular complexity index is 903. The van der Waals surface area contributed by atoms with Gasteiger partial charge in [-0.1, -0.05) is 6.07 Å². The van der Waals surface area contributed by atoms with Crippen LogP contribution in [0.1, 0.15) is 18.4 Å². The Hall–Kier alpha value is -3.06. The van der Waals surface area contributed by atoms with Crippen LogP contribution in [0.3, 0.4) is 0 Å². The quantitative estimate of drug-likeness (QED) is 0.655. The largest absolute Gasteiger partial charge is 0.378 e. The van der Waals surface area contributed by atoms with Gasteiger partial charge in [0.15, 0.2) is 0 Å². The number of carbonyl (C=O) groups is 2. The second kappa shape index (κ2) is 9.17. The molecule has 1 heterocycles. The van der Waals surface area contributed by atoms with Crippen LogP contribution in [0.15, 0.2) is 42.5 Å². The van der Waals surface area contributed by atoms with Crippen molar-refractivity contribution in [1.29, 1.82) is 0 Å². The van der Waals surface area contributed by atoms with Gasteiger partial charge in [0.2, 0.25) is 11.8 Å². The number of nitrogens with one attached hydrogen (secondary N) is 3. The summed E-state index contributed by atoms with van der Waals surface area (Å²) in [7, 11) is 0. The fourth-order valence-electron chi connectivity index (χ4n) is 3.44. The molecule has 2 aliphatic rings. The van der Waals surface area contributed by atoms with Crippen LogP contribution in [0, 0.1) is 12.8 Å². The SMILES string of the molecule is Cc1ccc(NC(=O)C2CC2)cc1NCC(=O)Nc1ccc(N2CCOCC2)cc1. The van der Waals surface area contributed by atoms with Crippen LogP contribution in [0.25, 0.3) is 0 Å². The van der Waals surface area contributed by atoms with E-state index in [4.69, 9.17) is 4.74 Å². The molecule has 0 bridgehead atoms. The van der Waals surface area contributed by atoms with Gasteiger partial charge in [-0.05, 0) is 61.7 Å². The van der Waals surface area contributed by atoms with Crippen molar-refractivity contribution >= 4 is 34.6 Å². The van der Waals surface area contributed by atoms with Gasteiger partial charge >= 0.3 is 0 Å². The molecule has 1 saturated carbocycles. The zero-order valence-electron chi connectivity index (χ0n) is 17.2. The van der Waals surface area contributed by atoms with E-state index < -0.39 is 0 Å². The highest BCUT2D eigenvalue weighted by molar-refractivity contribution is 5.95. The average Bonchev–Trinajstić information content (AvgIpc) is 3.61. The predicted octanol–water partition coefficient (Wildman–Crippen LogP) is 3.23. The van der Waals surface area contributed by atoms with Crippen LogP contribution >= 0.6 is 0 Å². The third kappa shape index (κ3) is 5.30. The molecule has 0 aromatic heterocycles. The molecular weight excluding hydrogens is 380 g/mol. The molecule has 0 radical (unpaired) electrons. The zero-order valence-corrected chi connectivity index (χ0v) is 17.2. The predicted molar refractivity (Wildman–Crippen MR) is 119 cm³/mol. The number of aryl methyl sites for hydroxylation is 1. The number of ether oxygens (including phenoxy) is 1. The Morgan fingerprint density at radius 2 is 1.70 bits per heavy atom. The van der Waals surface area contributed by atoms with E-state index in [2.05, 4.69) is 20.9 Å². The van der Waals surface area contributed by atoms with Crippen molar-refractivity contribution in [3.8, 4) is 0 Å². The Morgan fingerprint density at radius 3 is 2.40 bits per heavy atom. The molecule has 30 heavy (non-hydrogen) atoms. The van der Waals surface area contributed by atoms with E-state index >= 15 is 0 Å². The van der Waals surface area contributed by atoms with Gasteiger partial charge < -0.3 is 25.6 Å². The molecule has 2 aromatic carbocycles. The van der Waals surface area contributed by atoms with Crippen molar-refractivity contribution in [3.05, 3.63) is 48.0 Å². The third-order valence-corrected chi connectivity index (χ3v) is 5.42. The highest BCUT2D eigenvalue weighted by Crippen LogP contribution is 2.30. The van der Waals surface area contributed by atoms with E-state index in [-0.39, 0.29) is 24.3 Å². The molecule has 4 rings (SSSR count). The standard InChI is InChI=1S/C23H28N4O3/c1-16-2-5-19(26-23(29)17-3-4-17)14-21(16)24-15-22(28)25-18-6-8-20(9-7-18)27-10-12-30-13-11-27/h2,5-9,14,17,24H,3-4,10-13,15H2,1H3,(H,25,28)(H,26,29). The molecule has 0 spiro atoms. The first-order valence-corrected chi connectivity index (χ1v) is 10.5. The monoisotopic (exact) mass is 408 g/mol. The molecule has 2 fully saturated rings. The third-order valence-electron chi connectivity index (χ3n) is 5.42. The van der Waals surface area contributed by atoms with Gasteiger partial charge in [-0.3, -0.25) is 9.59 Å². The molecule has 7 nitrogen and oxygen atoms in total. The van der Waals surface area contributed by atoms with Gasteiger partial charge in [-0.2, -0.15) is 0 Å². The van der Waals surface area contributed by atoms with Crippen LogP contribution in [0.5, 0.6) is 0 Å². The van der Waals surface area contributed by atoms with Gasteiger partial charge in [-0.25, -0.2) is 0 Å². The van der Waals surface area contributed by atoms with E-state index in [0.29, 0.717) is 0 Å². The summed E-state index contributed by atoms with van der Waals surface area (Å²) >= 11 is 0. The Kier molecular flexibility index (Phi) is 6.18. The molecule has 2 aromatic rings. The highest BCUT2D eigenvalue weighted by atomic mass is 16.5. The number of nitrogens with zero attached hydrogens (tertiary/aromatic N) is 1. The summed E-state index contributed by atoms with van der Waals surface area (Å²) in [6.07, 6.45) is 1.94. The number of hydrogen-bond donors (Lipinski definition) is 3. The summed E-state index contributed by atoms with van der Waals surface area (Å²) in [6, 6.07) is 13.6. The lowest BCUT2D eigenvalue weighted by Gasteiger charge is -2.28. The first kappa shape index (κ1) is 20.2. The van der Waals surface area contributed by atoms with Crippen molar-refractivity contribution < 1.29 is 14.3 Å². The molecule has 7 heteroatoms. The van der Waals surface area contributed by atoms with Gasteiger partial charge in [-0.15, -0.1) is 0 Å². The van der Waals surface area contributed by atoms with Gasteiger partial charge in [0.25, 0.3) is 0 Å². The maximum Gasteiger partial charge on any atom is 0.243 e. The number of hydrogen-bond acceptors (Lipinski definition) is 5. The van der Waals surface area contributed by atoms with E-state index in [1.807, 2.05) is 49.4 Å². The van der Waals surface area contributed by atoms with E-state index in [9.17, 15) is 9.59 Å². The van der Waals surface area contributed by atoms with Crippen molar-refractivity contribution in [2.75, 3.05) is 53.7 Å².